The zero-order valence-electron chi connectivity index (χ0n) is 16.5. The van der Waals surface area contributed by atoms with E-state index < -0.39 is 6.04 Å². The average molecular weight is 401 g/mol. The molecule has 7 heteroatoms. The van der Waals surface area contributed by atoms with Gasteiger partial charge in [0, 0.05) is 16.1 Å². The number of quaternary nitrogens is 1. The number of rotatable bonds is 8. The van der Waals surface area contributed by atoms with E-state index in [4.69, 9.17) is 0 Å². The molecule has 0 saturated heterocycles. The second kappa shape index (κ2) is 10.1. The van der Waals surface area contributed by atoms with Crippen molar-refractivity contribution in [2.75, 3.05) is 30.5 Å². The van der Waals surface area contributed by atoms with Gasteiger partial charge in [-0.25, -0.2) is 0 Å². The van der Waals surface area contributed by atoms with Gasteiger partial charge >= 0.3 is 0 Å². The first-order valence-electron chi connectivity index (χ1n) is 8.99. The number of para-hydroxylation sites is 1. The lowest BCUT2D eigenvalue weighted by Crippen LogP contribution is -3.14. The van der Waals surface area contributed by atoms with Crippen molar-refractivity contribution in [2.45, 2.75) is 24.8 Å². The molecule has 0 radical (unpaired) electrons. The van der Waals surface area contributed by atoms with Crippen molar-refractivity contribution in [3.63, 3.8) is 0 Å². The maximum atomic E-state index is 12.5. The Hall–Kier alpha value is -2.64. The monoisotopic (exact) mass is 400 g/mol. The average Bonchev–Trinajstić information content (AvgIpc) is 2.67. The Morgan fingerprint density at radius 1 is 1.07 bits per heavy atom. The largest absolute Gasteiger partial charge is 0.321 e. The van der Waals surface area contributed by atoms with Crippen LogP contribution in [-0.4, -0.2) is 43.5 Å². The molecule has 0 aromatic heterocycles. The molecule has 6 nitrogen and oxygen atoms in total. The summed E-state index contributed by atoms with van der Waals surface area (Å²) < 4.78 is 0. The first-order valence-corrected chi connectivity index (χ1v) is 10.2. The van der Waals surface area contributed by atoms with Crippen LogP contribution in [0.2, 0.25) is 0 Å². The van der Waals surface area contributed by atoms with Crippen LogP contribution in [0.3, 0.4) is 0 Å². The van der Waals surface area contributed by atoms with Crippen molar-refractivity contribution < 1.29 is 19.3 Å². The molecule has 2 rings (SSSR count). The Balaban J connectivity index is 1.94. The molecule has 28 heavy (non-hydrogen) atoms. The Morgan fingerprint density at radius 3 is 2.46 bits per heavy atom. The number of nitrogens with one attached hydrogen (secondary N) is 3. The smallest absolute Gasteiger partial charge is 0.282 e. The molecule has 0 bridgehead atoms. The van der Waals surface area contributed by atoms with Crippen LogP contribution in [0.25, 0.3) is 0 Å². The van der Waals surface area contributed by atoms with Crippen molar-refractivity contribution in [1.82, 2.24) is 0 Å². The van der Waals surface area contributed by atoms with E-state index in [-0.39, 0.29) is 24.1 Å². The molecular formula is C21H26N3O3S+. The molecule has 0 aliphatic carbocycles. The van der Waals surface area contributed by atoms with E-state index in [1.165, 1.54) is 6.92 Å². The fourth-order valence-corrected chi connectivity index (χ4v) is 3.19. The fourth-order valence-electron chi connectivity index (χ4n) is 2.64. The van der Waals surface area contributed by atoms with Crippen LogP contribution in [-0.2, 0) is 9.59 Å². The summed E-state index contributed by atoms with van der Waals surface area (Å²) in [6.45, 7) is 3.41. The van der Waals surface area contributed by atoms with E-state index in [9.17, 15) is 14.4 Å². The molecule has 0 aliphatic heterocycles. The van der Waals surface area contributed by atoms with E-state index in [0.29, 0.717) is 11.3 Å². The molecule has 0 spiro atoms. The second-order valence-electron chi connectivity index (χ2n) is 6.62. The number of benzene rings is 2. The van der Waals surface area contributed by atoms with E-state index in [0.717, 1.165) is 15.5 Å². The van der Waals surface area contributed by atoms with Gasteiger partial charge < -0.3 is 15.5 Å². The number of Topliss-reactive ketones (excluding diaryl/α,β-unsaturated/α-hetero) is 1. The van der Waals surface area contributed by atoms with Crippen molar-refractivity contribution in [1.29, 1.82) is 0 Å². The van der Waals surface area contributed by atoms with Crippen LogP contribution < -0.4 is 15.5 Å². The van der Waals surface area contributed by atoms with Gasteiger partial charge in [0.15, 0.2) is 18.4 Å². The molecule has 2 atom stereocenters. The highest BCUT2D eigenvalue weighted by atomic mass is 32.2. The summed E-state index contributed by atoms with van der Waals surface area (Å²) in [4.78, 5) is 38.1. The Bertz CT molecular complexity index is 869. The third-order valence-corrected chi connectivity index (χ3v) is 5.29. The number of anilines is 2. The van der Waals surface area contributed by atoms with Crippen LogP contribution in [0.1, 0.15) is 24.2 Å². The number of amides is 2. The highest BCUT2D eigenvalue weighted by Gasteiger charge is 2.24. The standard InChI is InChI=1S/C21H25N3O3S/c1-14(21(27)22-17-9-7-8-16(12-17)15(2)25)24(3)13-20(26)23-18-10-5-6-11-19(18)28-4/h5-12,14H,13H2,1-4H3,(H,22,27)(H,23,26)/p+1/t14-/m1/s1. The minimum Gasteiger partial charge on any atom is -0.321 e. The molecular weight excluding hydrogens is 374 g/mol. The zero-order chi connectivity index (χ0) is 20.7. The van der Waals surface area contributed by atoms with E-state index >= 15 is 0 Å². The molecule has 3 N–H and O–H groups in total. The maximum absolute atomic E-state index is 12.5. The molecule has 148 valence electrons. The maximum Gasteiger partial charge on any atom is 0.282 e. The van der Waals surface area contributed by atoms with Crippen LogP contribution >= 0.6 is 11.8 Å². The minimum absolute atomic E-state index is 0.0610. The lowest BCUT2D eigenvalue weighted by molar-refractivity contribution is -0.885. The van der Waals surface area contributed by atoms with Gasteiger partial charge in [0.05, 0.1) is 12.7 Å². The summed E-state index contributed by atoms with van der Waals surface area (Å²) in [6.07, 6.45) is 1.95. The second-order valence-corrected chi connectivity index (χ2v) is 7.47. The molecule has 0 fully saturated rings. The fraction of sp³-hybridized carbons (Fsp3) is 0.286. The number of thioether (sulfide) groups is 1. The number of hydrogen-bond donors (Lipinski definition) is 3. The SMILES string of the molecule is CSc1ccccc1NC(=O)C[NH+](C)[C@H](C)C(=O)Nc1cccc(C(C)=O)c1. The van der Waals surface area contributed by atoms with E-state index in [2.05, 4.69) is 10.6 Å². The summed E-state index contributed by atoms with van der Waals surface area (Å²) in [5.41, 5.74) is 1.87. The highest BCUT2D eigenvalue weighted by Crippen LogP contribution is 2.24. The van der Waals surface area contributed by atoms with Gasteiger partial charge in [-0.3, -0.25) is 14.4 Å². The Kier molecular flexibility index (Phi) is 7.78. The summed E-state index contributed by atoms with van der Waals surface area (Å²) in [7, 11) is 1.80. The van der Waals surface area contributed by atoms with Gasteiger partial charge in [0.1, 0.15) is 0 Å². The quantitative estimate of drug-likeness (QED) is 0.468. The van der Waals surface area contributed by atoms with Gasteiger partial charge in [-0.05, 0) is 44.4 Å². The topological polar surface area (TPSA) is 79.7 Å². The molecule has 0 saturated carbocycles. The third kappa shape index (κ3) is 5.94. The number of carbonyl (C=O) groups excluding carboxylic acids is 3. The summed E-state index contributed by atoms with van der Waals surface area (Å²) in [6, 6.07) is 14.0. The van der Waals surface area contributed by atoms with Crippen LogP contribution in [0.5, 0.6) is 0 Å². The van der Waals surface area contributed by atoms with Crippen molar-refractivity contribution in [3.8, 4) is 0 Å². The van der Waals surface area contributed by atoms with Crippen molar-refractivity contribution >= 4 is 40.7 Å². The van der Waals surface area contributed by atoms with Gasteiger partial charge in [0.25, 0.3) is 11.8 Å². The molecule has 1 unspecified atom stereocenters. The number of ketones is 1. The first-order chi connectivity index (χ1) is 13.3. The third-order valence-electron chi connectivity index (χ3n) is 4.49. The van der Waals surface area contributed by atoms with E-state index in [1.54, 1.807) is 50.0 Å². The first kappa shape index (κ1) is 21.7. The Labute approximate surface area is 169 Å². The van der Waals surface area contributed by atoms with Crippen LogP contribution in [0.15, 0.2) is 53.4 Å². The van der Waals surface area contributed by atoms with Gasteiger partial charge in [-0.15, -0.1) is 11.8 Å². The van der Waals surface area contributed by atoms with Gasteiger partial charge in [-0.2, -0.15) is 0 Å². The summed E-state index contributed by atoms with van der Waals surface area (Å²) in [5.74, 6) is -0.429. The predicted octanol–water partition coefficient (Wildman–Crippen LogP) is 2.09. The van der Waals surface area contributed by atoms with Crippen LogP contribution in [0, 0.1) is 0 Å². The highest BCUT2D eigenvalue weighted by molar-refractivity contribution is 7.98. The predicted molar refractivity (Wildman–Crippen MR) is 113 cm³/mol. The van der Waals surface area contributed by atoms with Crippen molar-refractivity contribution in [3.05, 3.63) is 54.1 Å². The number of likely N-dealkylation sites (N-methyl/N-ethyl adjacent to an activating group) is 1. The molecule has 2 aromatic carbocycles. The molecule has 0 aliphatic rings. The zero-order valence-corrected chi connectivity index (χ0v) is 17.4. The minimum atomic E-state index is -0.442. The summed E-state index contributed by atoms with van der Waals surface area (Å²) in [5, 5.41) is 5.72. The number of hydrogen-bond acceptors (Lipinski definition) is 4. The summed E-state index contributed by atoms with van der Waals surface area (Å²) >= 11 is 1.56. The van der Waals surface area contributed by atoms with Gasteiger partial charge in [0.2, 0.25) is 0 Å². The Morgan fingerprint density at radius 2 is 1.79 bits per heavy atom. The number of carbonyl (C=O) groups is 3. The van der Waals surface area contributed by atoms with Crippen LogP contribution in [0.4, 0.5) is 11.4 Å². The molecule has 2 aromatic rings. The normalized spacial score (nSPS) is 12.7. The molecule has 0 heterocycles. The lowest BCUT2D eigenvalue weighted by atomic mass is 10.1. The lowest BCUT2D eigenvalue weighted by Gasteiger charge is -2.21. The van der Waals surface area contributed by atoms with Gasteiger partial charge in [-0.1, -0.05) is 24.3 Å². The van der Waals surface area contributed by atoms with Crippen molar-refractivity contribution in [2.24, 2.45) is 0 Å². The van der Waals surface area contributed by atoms with E-state index in [1.807, 2.05) is 30.5 Å². The molecule has 2 amide bonds.